The van der Waals surface area contributed by atoms with Gasteiger partial charge in [0.2, 0.25) is 5.91 Å². The third kappa shape index (κ3) is 6.29. The molecule has 1 aromatic carbocycles. The number of nitrogens with one attached hydrogen (secondary N) is 1. The van der Waals surface area contributed by atoms with Crippen molar-refractivity contribution in [1.29, 1.82) is 0 Å². The molecular weight excluding hydrogens is 330 g/mol. The van der Waals surface area contributed by atoms with E-state index in [1.165, 1.54) is 12.1 Å². The molecule has 1 amide bonds. The Bertz CT molecular complexity index is 499. The monoisotopic (exact) mass is 350 g/mol. The molecule has 1 aliphatic heterocycles. The number of alkyl halides is 2. The third-order valence-corrected chi connectivity index (χ3v) is 3.67. The van der Waals surface area contributed by atoms with Gasteiger partial charge in [0.05, 0.1) is 6.04 Å². The fraction of sp³-hybridized carbons (Fsp3) is 0.533. The van der Waals surface area contributed by atoms with E-state index in [9.17, 15) is 13.6 Å². The molecule has 0 bridgehead atoms. The van der Waals surface area contributed by atoms with Crippen molar-refractivity contribution < 1.29 is 23.0 Å². The van der Waals surface area contributed by atoms with E-state index in [2.05, 4.69) is 10.1 Å². The van der Waals surface area contributed by atoms with Gasteiger partial charge in [-0.3, -0.25) is 4.79 Å². The van der Waals surface area contributed by atoms with Crippen LogP contribution >= 0.6 is 12.4 Å². The molecule has 1 unspecified atom stereocenters. The molecule has 0 radical (unpaired) electrons. The van der Waals surface area contributed by atoms with Gasteiger partial charge in [0.25, 0.3) is 0 Å². The zero-order valence-corrected chi connectivity index (χ0v) is 13.4. The highest BCUT2D eigenvalue weighted by atomic mass is 35.5. The maximum absolute atomic E-state index is 12.2. The average molecular weight is 351 g/mol. The van der Waals surface area contributed by atoms with Crippen molar-refractivity contribution in [2.45, 2.75) is 32.0 Å². The number of carbonyl (C=O) groups excluding carboxylic acids is 1. The molecule has 130 valence electrons. The van der Waals surface area contributed by atoms with Gasteiger partial charge >= 0.3 is 6.61 Å². The van der Waals surface area contributed by atoms with Crippen LogP contribution < -0.4 is 15.8 Å². The highest BCUT2D eigenvalue weighted by Crippen LogP contribution is 2.18. The van der Waals surface area contributed by atoms with Gasteiger partial charge in [-0.1, -0.05) is 12.1 Å². The Morgan fingerprint density at radius 1 is 1.39 bits per heavy atom. The summed E-state index contributed by atoms with van der Waals surface area (Å²) < 4.78 is 33.9. The van der Waals surface area contributed by atoms with Gasteiger partial charge in [-0.25, -0.2) is 0 Å². The van der Waals surface area contributed by atoms with Crippen LogP contribution in [0.2, 0.25) is 0 Å². The van der Waals surface area contributed by atoms with Crippen LogP contribution in [0.1, 0.15) is 18.4 Å². The number of benzene rings is 1. The second-order valence-corrected chi connectivity index (χ2v) is 5.22. The Hall–Kier alpha value is -1.44. The molecule has 1 atom stereocenters. The number of nitrogens with two attached hydrogens (primary N) is 1. The SMILES string of the molecule is Cl.NC(C(=O)NCc1cccc(OC(F)F)c1)C1CCOCC1. The summed E-state index contributed by atoms with van der Waals surface area (Å²) in [6.45, 7) is -1.40. The third-order valence-electron chi connectivity index (χ3n) is 3.67. The van der Waals surface area contributed by atoms with Crippen LogP contribution in [0.25, 0.3) is 0 Å². The van der Waals surface area contributed by atoms with Crippen molar-refractivity contribution in [2.24, 2.45) is 11.7 Å². The minimum Gasteiger partial charge on any atom is -0.435 e. The molecule has 1 aromatic rings. The molecule has 8 heteroatoms. The fourth-order valence-electron chi connectivity index (χ4n) is 2.43. The van der Waals surface area contributed by atoms with Crippen LogP contribution in [0.15, 0.2) is 24.3 Å². The zero-order valence-electron chi connectivity index (χ0n) is 12.5. The van der Waals surface area contributed by atoms with Gasteiger partial charge in [0.1, 0.15) is 5.75 Å². The zero-order chi connectivity index (χ0) is 15.9. The predicted molar refractivity (Wildman–Crippen MR) is 83.7 cm³/mol. The van der Waals surface area contributed by atoms with Crippen molar-refractivity contribution in [1.82, 2.24) is 5.32 Å². The molecule has 5 nitrogen and oxygen atoms in total. The average Bonchev–Trinajstić information content (AvgIpc) is 2.52. The summed E-state index contributed by atoms with van der Waals surface area (Å²) >= 11 is 0. The molecule has 1 fully saturated rings. The number of hydrogen-bond acceptors (Lipinski definition) is 4. The minimum atomic E-state index is -2.87. The van der Waals surface area contributed by atoms with E-state index in [0.29, 0.717) is 18.8 Å². The fourth-order valence-corrected chi connectivity index (χ4v) is 2.43. The quantitative estimate of drug-likeness (QED) is 0.824. The standard InChI is InChI=1S/C15H20F2N2O3.ClH/c16-15(17)22-12-3-1-2-10(8-12)9-19-14(20)13(18)11-4-6-21-7-5-11;/h1-3,8,11,13,15H,4-7,9,18H2,(H,19,20);1H. The van der Waals surface area contributed by atoms with Crippen LogP contribution in [0.5, 0.6) is 5.75 Å². The van der Waals surface area contributed by atoms with Crippen molar-refractivity contribution in [3.63, 3.8) is 0 Å². The summed E-state index contributed by atoms with van der Waals surface area (Å²) in [6.07, 6.45) is 1.54. The molecule has 3 N–H and O–H groups in total. The van der Waals surface area contributed by atoms with Gasteiger partial charge in [-0.15, -0.1) is 12.4 Å². The van der Waals surface area contributed by atoms with E-state index in [-0.39, 0.29) is 36.5 Å². The maximum atomic E-state index is 12.2. The minimum absolute atomic E-state index is 0. The predicted octanol–water partition coefficient (Wildman–Crippen LogP) is 2.08. The van der Waals surface area contributed by atoms with Gasteiger partial charge in [0.15, 0.2) is 0 Å². The summed E-state index contributed by atoms with van der Waals surface area (Å²) in [5.41, 5.74) is 6.63. The normalized spacial score (nSPS) is 16.5. The summed E-state index contributed by atoms with van der Waals surface area (Å²) in [5.74, 6) is -0.0650. The Labute approximate surface area is 139 Å². The molecule has 1 aliphatic rings. The first kappa shape index (κ1) is 19.6. The van der Waals surface area contributed by atoms with Crippen LogP contribution in [0.3, 0.4) is 0 Å². The van der Waals surface area contributed by atoms with Crippen molar-refractivity contribution in [3.8, 4) is 5.75 Å². The lowest BCUT2D eigenvalue weighted by Gasteiger charge is -2.26. The van der Waals surface area contributed by atoms with Crippen LogP contribution in [0.4, 0.5) is 8.78 Å². The molecule has 0 saturated carbocycles. The van der Waals surface area contributed by atoms with E-state index in [1.54, 1.807) is 12.1 Å². The number of amides is 1. The molecule has 1 heterocycles. The first-order chi connectivity index (χ1) is 10.6. The van der Waals surface area contributed by atoms with E-state index in [0.717, 1.165) is 12.8 Å². The van der Waals surface area contributed by atoms with Gasteiger partial charge in [-0.05, 0) is 36.5 Å². The van der Waals surface area contributed by atoms with Gasteiger partial charge < -0.3 is 20.5 Å². The van der Waals surface area contributed by atoms with E-state index in [1.807, 2.05) is 0 Å². The molecule has 0 spiro atoms. The Morgan fingerprint density at radius 3 is 2.74 bits per heavy atom. The lowest BCUT2D eigenvalue weighted by Crippen LogP contribution is -2.46. The van der Waals surface area contributed by atoms with Crippen LogP contribution in [-0.4, -0.2) is 31.8 Å². The molecule has 23 heavy (non-hydrogen) atoms. The summed E-state index contributed by atoms with van der Waals surface area (Å²) in [7, 11) is 0. The Morgan fingerprint density at radius 2 is 2.09 bits per heavy atom. The molecular formula is C15H21ClF2N2O3. The van der Waals surface area contributed by atoms with E-state index < -0.39 is 12.7 Å². The van der Waals surface area contributed by atoms with Crippen molar-refractivity contribution in [2.75, 3.05) is 13.2 Å². The molecule has 0 aromatic heterocycles. The lowest BCUT2D eigenvalue weighted by atomic mass is 9.92. The smallest absolute Gasteiger partial charge is 0.387 e. The lowest BCUT2D eigenvalue weighted by molar-refractivity contribution is -0.124. The number of hydrogen-bond donors (Lipinski definition) is 2. The van der Waals surface area contributed by atoms with Crippen molar-refractivity contribution >= 4 is 18.3 Å². The summed E-state index contributed by atoms with van der Waals surface area (Å²) in [6, 6.07) is 5.64. The molecule has 0 aliphatic carbocycles. The maximum Gasteiger partial charge on any atom is 0.387 e. The number of ether oxygens (including phenoxy) is 2. The van der Waals surface area contributed by atoms with Gasteiger partial charge in [-0.2, -0.15) is 8.78 Å². The molecule has 1 saturated heterocycles. The second-order valence-electron chi connectivity index (χ2n) is 5.22. The number of rotatable bonds is 6. The summed E-state index contributed by atoms with van der Waals surface area (Å²) in [4.78, 5) is 12.1. The Balaban J connectivity index is 0.00000264. The van der Waals surface area contributed by atoms with Gasteiger partial charge in [0, 0.05) is 19.8 Å². The Kier molecular flexibility index (Phi) is 8.22. The first-order valence-corrected chi connectivity index (χ1v) is 7.21. The topological polar surface area (TPSA) is 73.6 Å². The van der Waals surface area contributed by atoms with Crippen molar-refractivity contribution in [3.05, 3.63) is 29.8 Å². The highest BCUT2D eigenvalue weighted by Gasteiger charge is 2.26. The summed E-state index contributed by atoms with van der Waals surface area (Å²) in [5, 5.41) is 2.73. The van der Waals surface area contributed by atoms with E-state index in [4.69, 9.17) is 10.5 Å². The highest BCUT2D eigenvalue weighted by molar-refractivity contribution is 5.85. The number of carbonyl (C=O) groups is 1. The second kappa shape index (κ2) is 9.64. The number of halogens is 3. The first-order valence-electron chi connectivity index (χ1n) is 7.21. The largest absolute Gasteiger partial charge is 0.435 e. The van der Waals surface area contributed by atoms with Crippen LogP contribution in [0, 0.1) is 5.92 Å². The van der Waals surface area contributed by atoms with Crippen LogP contribution in [-0.2, 0) is 16.1 Å². The molecule has 2 rings (SSSR count). The van der Waals surface area contributed by atoms with E-state index >= 15 is 0 Å².